The van der Waals surface area contributed by atoms with Gasteiger partial charge in [-0.3, -0.25) is 4.79 Å². The van der Waals surface area contributed by atoms with Gasteiger partial charge in [0, 0.05) is 24.0 Å². The zero-order chi connectivity index (χ0) is 14.8. The van der Waals surface area contributed by atoms with Crippen molar-refractivity contribution >= 4 is 17.3 Å². The Hall–Kier alpha value is -2.49. The zero-order valence-corrected chi connectivity index (χ0v) is 11.9. The number of hydrogen-bond acceptors (Lipinski definition) is 3. The summed E-state index contributed by atoms with van der Waals surface area (Å²) in [5, 5.41) is 15.9. The molecule has 3 rings (SSSR count). The minimum Gasteiger partial charge on any atom is -0.508 e. The second-order valence-corrected chi connectivity index (χ2v) is 5.43. The molecule has 1 heterocycles. The molecule has 0 saturated heterocycles. The monoisotopic (exact) mass is 282 g/mol. The first-order valence-electron chi connectivity index (χ1n) is 7.06. The molecule has 21 heavy (non-hydrogen) atoms. The van der Waals surface area contributed by atoms with Crippen LogP contribution in [0.1, 0.15) is 11.1 Å². The van der Waals surface area contributed by atoms with Gasteiger partial charge in [0.1, 0.15) is 5.75 Å². The van der Waals surface area contributed by atoms with Crippen LogP contribution in [0.15, 0.2) is 42.5 Å². The molecular formula is C17H18N2O2. The Kier molecular flexibility index (Phi) is 3.52. The fourth-order valence-electron chi connectivity index (χ4n) is 2.56. The second kappa shape index (κ2) is 5.48. The van der Waals surface area contributed by atoms with Gasteiger partial charge in [0.05, 0.1) is 5.92 Å². The number of rotatable bonds is 2. The fourth-order valence-corrected chi connectivity index (χ4v) is 2.56. The van der Waals surface area contributed by atoms with Crippen molar-refractivity contribution in [1.29, 1.82) is 0 Å². The molecule has 1 aliphatic heterocycles. The maximum absolute atomic E-state index is 12.3. The van der Waals surface area contributed by atoms with E-state index >= 15 is 0 Å². The lowest BCUT2D eigenvalue weighted by molar-refractivity contribution is -0.119. The third-order valence-electron chi connectivity index (χ3n) is 3.87. The van der Waals surface area contributed by atoms with Crippen molar-refractivity contribution in [2.45, 2.75) is 13.3 Å². The van der Waals surface area contributed by atoms with E-state index in [9.17, 15) is 9.90 Å². The smallest absolute Gasteiger partial charge is 0.229 e. The van der Waals surface area contributed by atoms with Crippen molar-refractivity contribution in [2.24, 2.45) is 5.92 Å². The summed E-state index contributed by atoms with van der Waals surface area (Å²) in [5.41, 5.74) is 3.69. The Morgan fingerprint density at radius 3 is 2.90 bits per heavy atom. The average molecular weight is 282 g/mol. The first-order chi connectivity index (χ1) is 10.1. The molecule has 1 aliphatic rings. The summed E-state index contributed by atoms with van der Waals surface area (Å²) in [6.07, 6.45) is 0.729. The number of carbonyl (C=O) groups excluding carboxylic acids is 1. The van der Waals surface area contributed by atoms with E-state index in [0.29, 0.717) is 12.2 Å². The van der Waals surface area contributed by atoms with Gasteiger partial charge in [0.25, 0.3) is 0 Å². The number of phenols is 1. The van der Waals surface area contributed by atoms with E-state index in [1.165, 1.54) is 0 Å². The summed E-state index contributed by atoms with van der Waals surface area (Å²) in [6.45, 7) is 2.45. The van der Waals surface area contributed by atoms with Crippen LogP contribution < -0.4 is 10.6 Å². The van der Waals surface area contributed by atoms with Crippen molar-refractivity contribution in [3.8, 4) is 5.75 Å². The van der Waals surface area contributed by atoms with Gasteiger partial charge in [-0.05, 0) is 36.6 Å². The van der Waals surface area contributed by atoms with Crippen LogP contribution in [-0.2, 0) is 11.2 Å². The molecule has 0 aromatic heterocycles. The highest BCUT2D eigenvalue weighted by molar-refractivity contribution is 5.93. The third kappa shape index (κ3) is 2.84. The van der Waals surface area contributed by atoms with E-state index in [1.807, 2.05) is 31.2 Å². The third-order valence-corrected chi connectivity index (χ3v) is 3.87. The van der Waals surface area contributed by atoms with Crippen LogP contribution in [0.4, 0.5) is 11.4 Å². The minimum absolute atomic E-state index is 0.0275. The molecule has 0 fully saturated rings. The van der Waals surface area contributed by atoms with Gasteiger partial charge in [-0.15, -0.1) is 0 Å². The van der Waals surface area contributed by atoms with Crippen LogP contribution in [0.2, 0.25) is 0 Å². The molecule has 1 atom stereocenters. The lowest BCUT2D eigenvalue weighted by atomic mass is 9.93. The molecular weight excluding hydrogens is 264 g/mol. The van der Waals surface area contributed by atoms with Gasteiger partial charge in [0.15, 0.2) is 0 Å². The molecule has 2 aromatic carbocycles. The van der Waals surface area contributed by atoms with Gasteiger partial charge < -0.3 is 15.7 Å². The van der Waals surface area contributed by atoms with Crippen LogP contribution in [0.25, 0.3) is 0 Å². The van der Waals surface area contributed by atoms with Crippen LogP contribution >= 0.6 is 0 Å². The minimum atomic E-state index is -0.108. The first kappa shape index (κ1) is 13.5. The van der Waals surface area contributed by atoms with E-state index in [2.05, 4.69) is 10.6 Å². The van der Waals surface area contributed by atoms with Crippen molar-refractivity contribution in [3.63, 3.8) is 0 Å². The first-order valence-corrected chi connectivity index (χ1v) is 7.06. The number of fused-ring (bicyclic) bond motifs is 1. The predicted molar refractivity (Wildman–Crippen MR) is 83.6 cm³/mol. The Labute approximate surface area is 123 Å². The Morgan fingerprint density at radius 1 is 1.29 bits per heavy atom. The number of phenolic OH excluding ortho intramolecular Hbond substituents is 1. The molecule has 2 aromatic rings. The van der Waals surface area contributed by atoms with Gasteiger partial charge in [0.2, 0.25) is 5.91 Å². The van der Waals surface area contributed by atoms with Crippen molar-refractivity contribution < 1.29 is 9.90 Å². The molecule has 0 aliphatic carbocycles. The van der Waals surface area contributed by atoms with E-state index in [0.717, 1.165) is 23.2 Å². The van der Waals surface area contributed by atoms with Crippen LogP contribution in [0, 0.1) is 12.8 Å². The van der Waals surface area contributed by atoms with Crippen LogP contribution in [0.3, 0.4) is 0 Å². The van der Waals surface area contributed by atoms with Gasteiger partial charge in [-0.2, -0.15) is 0 Å². The topological polar surface area (TPSA) is 61.4 Å². The van der Waals surface area contributed by atoms with Gasteiger partial charge in [-0.25, -0.2) is 0 Å². The largest absolute Gasteiger partial charge is 0.508 e. The summed E-state index contributed by atoms with van der Waals surface area (Å²) < 4.78 is 0. The summed E-state index contributed by atoms with van der Waals surface area (Å²) in [6, 6.07) is 13.2. The molecule has 0 radical (unpaired) electrons. The number of aromatic hydroxyl groups is 1. The Bertz CT molecular complexity index is 682. The molecule has 1 unspecified atom stereocenters. The fraction of sp³-hybridized carbons (Fsp3) is 0.235. The molecule has 4 heteroatoms. The molecule has 0 bridgehead atoms. The van der Waals surface area contributed by atoms with Crippen LogP contribution in [-0.4, -0.2) is 17.6 Å². The number of amides is 1. The quantitative estimate of drug-likeness (QED) is 0.793. The van der Waals surface area contributed by atoms with E-state index < -0.39 is 0 Å². The number of aryl methyl sites for hydroxylation is 1. The number of anilines is 2. The number of nitrogens with one attached hydrogen (secondary N) is 2. The highest BCUT2D eigenvalue weighted by atomic mass is 16.3. The van der Waals surface area contributed by atoms with E-state index in [-0.39, 0.29) is 17.6 Å². The zero-order valence-electron chi connectivity index (χ0n) is 11.9. The molecule has 3 N–H and O–H groups in total. The van der Waals surface area contributed by atoms with Crippen LogP contribution in [0.5, 0.6) is 5.75 Å². The summed E-state index contributed by atoms with van der Waals surface area (Å²) in [7, 11) is 0. The summed E-state index contributed by atoms with van der Waals surface area (Å²) >= 11 is 0. The lowest BCUT2D eigenvalue weighted by Crippen LogP contribution is -2.33. The van der Waals surface area contributed by atoms with Crippen molar-refractivity contribution in [2.75, 3.05) is 17.2 Å². The maximum Gasteiger partial charge on any atom is 0.229 e. The standard InChI is InChI=1S/C17H18N2O2/c1-11-6-7-14(9-16(11)20)19-17(21)13-8-12-4-2-3-5-15(12)18-10-13/h2-7,9,13,18,20H,8,10H2,1H3,(H,19,21). The summed E-state index contributed by atoms with van der Waals surface area (Å²) in [5.74, 6) is 0.0588. The molecule has 108 valence electrons. The Morgan fingerprint density at radius 2 is 2.10 bits per heavy atom. The number of carbonyl (C=O) groups is 1. The molecule has 0 saturated carbocycles. The van der Waals surface area contributed by atoms with Crippen molar-refractivity contribution in [1.82, 2.24) is 0 Å². The maximum atomic E-state index is 12.3. The lowest BCUT2D eigenvalue weighted by Gasteiger charge is -2.25. The van der Waals surface area contributed by atoms with E-state index in [1.54, 1.807) is 18.2 Å². The van der Waals surface area contributed by atoms with Gasteiger partial charge in [-0.1, -0.05) is 24.3 Å². The average Bonchev–Trinajstić information content (AvgIpc) is 2.50. The second-order valence-electron chi connectivity index (χ2n) is 5.43. The normalized spacial score (nSPS) is 16.7. The molecule has 1 amide bonds. The number of benzene rings is 2. The molecule has 4 nitrogen and oxygen atoms in total. The SMILES string of the molecule is Cc1ccc(NC(=O)C2CNc3ccccc3C2)cc1O. The molecule has 0 spiro atoms. The summed E-state index contributed by atoms with van der Waals surface area (Å²) in [4.78, 5) is 12.3. The van der Waals surface area contributed by atoms with E-state index in [4.69, 9.17) is 0 Å². The highest BCUT2D eigenvalue weighted by Crippen LogP contribution is 2.26. The number of para-hydroxylation sites is 1. The predicted octanol–water partition coefficient (Wildman–Crippen LogP) is 2.92. The highest BCUT2D eigenvalue weighted by Gasteiger charge is 2.24. The number of hydrogen-bond donors (Lipinski definition) is 3. The Balaban J connectivity index is 1.70. The van der Waals surface area contributed by atoms with Crippen molar-refractivity contribution in [3.05, 3.63) is 53.6 Å². The van der Waals surface area contributed by atoms with Gasteiger partial charge >= 0.3 is 0 Å².